The summed E-state index contributed by atoms with van der Waals surface area (Å²) in [6, 6.07) is 12.9. The zero-order valence-electron chi connectivity index (χ0n) is 11.4. The number of alkyl halides is 1. The Hall–Kier alpha value is -2.05. The van der Waals surface area contributed by atoms with E-state index in [0.717, 1.165) is 5.69 Å². The van der Waals surface area contributed by atoms with E-state index in [1.54, 1.807) is 12.3 Å². The Kier molecular flexibility index (Phi) is 3.81. The minimum Gasteiger partial charge on any atom is -0.366 e. The summed E-state index contributed by atoms with van der Waals surface area (Å²) >= 11 is 6.16. The third kappa shape index (κ3) is 3.17. The second-order valence-electron chi connectivity index (χ2n) is 5.05. The third-order valence-corrected chi connectivity index (χ3v) is 3.81. The molecule has 2 heterocycles. The molecule has 1 aliphatic heterocycles. The van der Waals surface area contributed by atoms with Crippen molar-refractivity contribution in [2.24, 2.45) is 0 Å². The van der Waals surface area contributed by atoms with Gasteiger partial charge in [0.25, 0.3) is 0 Å². The van der Waals surface area contributed by atoms with E-state index in [-0.39, 0.29) is 6.54 Å². The first-order chi connectivity index (χ1) is 10.2. The van der Waals surface area contributed by atoms with E-state index >= 15 is 0 Å². The van der Waals surface area contributed by atoms with Gasteiger partial charge in [-0.05, 0) is 30.2 Å². The molecule has 0 spiro atoms. The Bertz CT molecular complexity index is 693. The molecule has 0 saturated carbocycles. The molecule has 1 aromatic carbocycles. The number of rotatable bonds is 1. The van der Waals surface area contributed by atoms with Crippen LogP contribution in [0.3, 0.4) is 0 Å². The maximum Gasteiger partial charge on any atom is 0.190 e. The van der Waals surface area contributed by atoms with Crippen LogP contribution in [-0.2, 0) is 0 Å². The zero-order chi connectivity index (χ0) is 14.7. The van der Waals surface area contributed by atoms with Crippen molar-refractivity contribution in [1.82, 2.24) is 4.98 Å². The van der Waals surface area contributed by atoms with E-state index in [9.17, 15) is 4.39 Å². The fraction of sp³-hybridized carbons (Fsp3) is 0.235. The largest absolute Gasteiger partial charge is 0.366 e. The van der Waals surface area contributed by atoms with Gasteiger partial charge in [-0.3, -0.25) is 0 Å². The fourth-order valence-electron chi connectivity index (χ4n) is 2.40. The first-order valence-corrected chi connectivity index (χ1v) is 7.17. The normalized spacial score (nSPS) is 21.0. The van der Waals surface area contributed by atoms with Gasteiger partial charge in [-0.1, -0.05) is 35.7 Å². The lowest BCUT2D eigenvalue weighted by Crippen LogP contribution is -2.27. The van der Waals surface area contributed by atoms with Crippen molar-refractivity contribution >= 4 is 17.3 Å². The Labute approximate surface area is 128 Å². The molecular weight excluding hydrogens is 287 g/mol. The lowest BCUT2D eigenvalue weighted by Gasteiger charge is -2.20. The average molecular weight is 301 g/mol. The molecule has 21 heavy (non-hydrogen) atoms. The van der Waals surface area contributed by atoms with Crippen LogP contribution in [0, 0.1) is 11.8 Å². The Balaban J connectivity index is 1.77. The van der Waals surface area contributed by atoms with Crippen LogP contribution in [-0.4, -0.2) is 23.7 Å². The SMILES string of the molecule is FC1(C#Cc2ccccn2)CCN(c2ccccc2Cl)C1. The highest BCUT2D eigenvalue weighted by Gasteiger charge is 2.37. The summed E-state index contributed by atoms with van der Waals surface area (Å²) in [7, 11) is 0. The fourth-order valence-corrected chi connectivity index (χ4v) is 2.66. The van der Waals surface area contributed by atoms with Crippen molar-refractivity contribution in [3.63, 3.8) is 0 Å². The standard InChI is InChI=1S/C17H14ClFN2/c18-15-6-1-2-7-16(15)21-12-10-17(19,13-21)9-8-14-5-3-4-11-20-14/h1-7,11H,10,12-13H2. The molecule has 3 rings (SSSR count). The van der Waals surface area contributed by atoms with Gasteiger partial charge in [0.05, 0.1) is 17.3 Å². The predicted octanol–water partition coefficient (Wildman–Crippen LogP) is 3.71. The van der Waals surface area contributed by atoms with E-state index in [2.05, 4.69) is 16.8 Å². The van der Waals surface area contributed by atoms with Crippen LogP contribution in [0.15, 0.2) is 48.7 Å². The number of hydrogen-bond acceptors (Lipinski definition) is 2. The third-order valence-electron chi connectivity index (χ3n) is 3.49. The molecule has 2 nitrogen and oxygen atoms in total. The van der Waals surface area contributed by atoms with Crippen LogP contribution < -0.4 is 4.90 Å². The first-order valence-electron chi connectivity index (χ1n) is 6.79. The molecule has 1 fully saturated rings. The van der Waals surface area contributed by atoms with Crippen LogP contribution >= 0.6 is 11.6 Å². The molecule has 0 aliphatic carbocycles. The Morgan fingerprint density at radius 3 is 2.76 bits per heavy atom. The maximum absolute atomic E-state index is 14.8. The Morgan fingerprint density at radius 2 is 2.00 bits per heavy atom. The van der Waals surface area contributed by atoms with Gasteiger partial charge >= 0.3 is 0 Å². The van der Waals surface area contributed by atoms with Crippen molar-refractivity contribution in [3.8, 4) is 11.8 Å². The van der Waals surface area contributed by atoms with Crippen molar-refractivity contribution in [2.45, 2.75) is 12.1 Å². The molecule has 1 unspecified atom stereocenters. The van der Waals surface area contributed by atoms with Crippen LogP contribution in [0.1, 0.15) is 12.1 Å². The number of anilines is 1. The summed E-state index contributed by atoms with van der Waals surface area (Å²) < 4.78 is 14.8. The van der Waals surface area contributed by atoms with Crippen molar-refractivity contribution in [1.29, 1.82) is 0 Å². The first kappa shape index (κ1) is 13.9. The van der Waals surface area contributed by atoms with E-state index in [0.29, 0.717) is 23.7 Å². The number of para-hydroxylation sites is 1. The zero-order valence-corrected chi connectivity index (χ0v) is 12.1. The maximum atomic E-state index is 14.8. The highest BCUT2D eigenvalue weighted by Crippen LogP contribution is 2.33. The summed E-state index contributed by atoms with van der Waals surface area (Å²) in [5.74, 6) is 5.55. The molecule has 1 atom stereocenters. The lowest BCUT2D eigenvalue weighted by atomic mass is 10.1. The summed E-state index contributed by atoms with van der Waals surface area (Å²) in [6.45, 7) is 0.841. The quantitative estimate of drug-likeness (QED) is 0.747. The number of aromatic nitrogens is 1. The molecule has 0 amide bonds. The molecule has 106 valence electrons. The molecular formula is C17H14ClFN2. The monoisotopic (exact) mass is 300 g/mol. The van der Waals surface area contributed by atoms with Gasteiger partial charge in [-0.25, -0.2) is 9.37 Å². The van der Waals surface area contributed by atoms with Gasteiger partial charge in [0.1, 0.15) is 5.69 Å². The van der Waals surface area contributed by atoms with Crippen LogP contribution in [0.4, 0.5) is 10.1 Å². The number of hydrogen-bond donors (Lipinski definition) is 0. The minimum atomic E-state index is -1.52. The predicted molar refractivity (Wildman–Crippen MR) is 83.2 cm³/mol. The molecule has 1 aliphatic rings. The number of nitrogens with zero attached hydrogens (tertiary/aromatic N) is 2. The van der Waals surface area contributed by atoms with Gasteiger partial charge in [0.2, 0.25) is 0 Å². The van der Waals surface area contributed by atoms with E-state index in [1.165, 1.54) is 0 Å². The summed E-state index contributed by atoms with van der Waals surface area (Å²) in [6.07, 6.45) is 2.03. The number of benzene rings is 1. The lowest BCUT2D eigenvalue weighted by molar-refractivity contribution is 0.274. The molecule has 0 bridgehead atoms. The molecule has 1 aromatic heterocycles. The van der Waals surface area contributed by atoms with Gasteiger partial charge < -0.3 is 4.90 Å². The molecule has 0 radical (unpaired) electrons. The van der Waals surface area contributed by atoms with Crippen molar-refractivity contribution < 1.29 is 4.39 Å². The molecule has 4 heteroatoms. The van der Waals surface area contributed by atoms with Gasteiger partial charge in [0.15, 0.2) is 5.67 Å². The van der Waals surface area contributed by atoms with E-state index in [4.69, 9.17) is 11.6 Å². The molecule has 2 aromatic rings. The second-order valence-corrected chi connectivity index (χ2v) is 5.46. The minimum absolute atomic E-state index is 0.233. The van der Waals surface area contributed by atoms with Gasteiger partial charge in [-0.2, -0.15) is 0 Å². The van der Waals surface area contributed by atoms with E-state index in [1.807, 2.05) is 41.3 Å². The highest BCUT2D eigenvalue weighted by molar-refractivity contribution is 6.33. The second kappa shape index (κ2) is 5.75. The van der Waals surface area contributed by atoms with Gasteiger partial charge in [-0.15, -0.1) is 0 Å². The topological polar surface area (TPSA) is 16.1 Å². The van der Waals surface area contributed by atoms with Crippen molar-refractivity contribution in [3.05, 3.63) is 59.4 Å². The highest BCUT2D eigenvalue weighted by atomic mass is 35.5. The average Bonchev–Trinajstić information content (AvgIpc) is 2.90. The van der Waals surface area contributed by atoms with E-state index < -0.39 is 5.67 Å². The summed E-state index contributed by atoms with van der Waals surface area (Å²) in [5.41, 5.74) is -0.0690. The molecule has 0 N–H and O–H groups in total. The van der Waals surface area contributed by atoms with Crippen molar-refractivity contribution in [2.75, 3.05) is 18.0 Å². The number of halogens is 2. The summed E-state index contributed by atoms with van der Waals surface area (Å²) in [4.78, 5) is 6.03. The molecule has 1 saturated heterocycles. The van der Waals surface area contributed by atoms with Crippen LogP contribution in [0.5, 0.6) is 0 Å². The van der Waals surface area contributed by atoms with Crippen LogP contribution in [0.25, 0.3) is 0 Å². The van der Waals surface area contributed by atoms with Crippen LogP contribution in [0.2, 0.25) is 5.02 Å². The smallest absolute Gasteiger partial charge is 0.190 e. The summed E-state index contributed by atoms with van der Waals surface area (Å²) in [5, 5.41) is 0.638. The van der Waals surface area contributed by atoms with Gasteiger partial charge in [0, 0.05) is 19.2 Å². The Morgan fingerprint density at radius 1 is 1.19 bits per heavy atom. The number of pyridine rings is 1.